The number of aryl methyl sites for hydroxylation is 2. The first-order chi connectivity index (χ1) is 8.71. The van der Waals surface area contributed by atoms with Gasteiger partial charge in [0.05, 0.1) is 0 Å². The minimum atomic E-state index is -0.878. The van der Waals surface area contributed by atoms with E-state index in [1.807, 2.05) is 0 Å². The lowest BCUT2D eigenvalue weighted by molar-refractivity contribution is -0.131. The first-order valence-corrected chi connectivity index (χ1v) is 6.72. The predicted molar refractivity (Wildman–Crippen MR) is 79.7 cm³/mol. The molecule has 0 unspecified atom stereocenters. The summed E-state index contributed by atoms with van der Waals surface area (Å²) in [5.41, 5.74) is 5.45. The van der Waals surface area contributed by atoms with Crippen molar-refractivity contribution in [3.63, 3.8) is 0 Å². The molecular weight excluding hydrogens is 236 g/mol. The van der Waals surface area contributed by atoms with Gasteiger partial charge in [0.25, 0.3) is 0 Å². The van der Waals surface area contributed by atoms with Crippen LogP contribution in [0.4, 0.5) is 0 Å². The molecule has 0 aliphatic heterocycles. The van der Waals surface area contributed by atoms with E-state index >= 15 is 0 Å². The van der Waals surface area contributed by atoms with Crippen LogP contribution in [0.15, 0.2) is 24.3 Å². The molecule has 0 aromatic heterocycles. The highest BCUT2D eigenvalue weighted by molar-refractivity contribution is 5.79. The molecular formula is C17H24O2. The molecule has 0 atom stereocenters. The molecule has 0 fully saturated rings. The van der Waals surface area contributed by atoms with E-state index in [1.54, 1.807) is 6.08 Å². The molecule has 0 radical (unpaired) electrons. The van der Waals surface area contributed by atoms with Gasteiger partial charge in [-0.05, 0) is 54.4 Å². The number of hydrogen-bond acceptors (Lipinski definition) is 1. The molecule has 0 aliphatic carbocycles. The second-order valence-electron chi connectivity index (χ2n) is 6.12. The van der Waals surface area contributed by atoms with Crippen molar-refractivity contribution >= 4 is 5.97 Å². The van der Waals surface area contributed by atoms with E-state index in [-0.39, 0.29) is 5.41 Å². The summed E-state index contributed by atoms with van der Waals surface area (Å²) in [7, 11) is 0. The van der Waals surface area contributed by atoms with Gasteiger partial charge in [-0.2, -0.15) is 0 Å². The topological polar surface area (TPSA) is 37.3 Å². The van der Waals surface area contributed by atoms with Gasteiger partial charge in [0.15, 0.2) is 0 Å². The minimum Gasteiger partial charge on any atom is -0.478 e. The highest BCUT2D eigenvalue weighted by Crippen LogP contribution is 2.27. The molecule has 1 aromatic rings. The third-order valence-corrected chi connectivity index (χ3v) is 3.38. The van der Waals surface area contributed by atoms with E-state index in [1.165, 1.54) is 28.3 Å². The van der Waals surface area contributed by atoms with Crippen molar-refractivity contribution in [1.29, 1.82) is 0 Å². The molecule has 104 valence electrons. The first-order valence-electron chi connectivity index (χ1n) is 6.72. The summed E-state index contributed by atoms with van der Waals surface area (Å²) in [6.45, 7) is 10.9. The Morgan fingerprint density at radius 1 is 1.21 bits per heavy atom. The molecule has 19 heavy (non-hydrogen) atoms. The predicted octanol–water partition coefficient (Wildman–Crippen LogP) is 4.17. The standard InChI is InChI=1S/C17H24O2/c1-12-10-14(17(3,4)5)11-13(2)15(12)8-6-7-9-16(18)19/h7,9-11H,6,8H2,1-5H3,(H,18,19)/b9-7+. The molecule has 0 amide bonds. The van der Waals surface area contributed by atoms with Crippen LogP contribution in [0.2, 0.25) is 0 Å². The maximum absolute atomic E-state index is 10.4. The van der Waals surface area contributed by atoms with Crippen LogP contribution in [0.25, 0.3) is 0 Å². The Bertz CT molecular complexity index is 467. The van der Waals surface area contributed by atoms with E-state index < -0.39 is 5.97 Å². The number of allylic oxidation sites excluding steroid dienone is 1. The van der Waals surface area contributed by atoms with Crippen molar-refractivity contribution < 1.29 is 9.90 Å². The normalized spacial score (nSPS) is 12.1. The molecule has 2 heteroatoms. The maximum Gasteiger partial charge on any atom is 0.327 e. The Kier molecular flexibility index (Phi) is 4.93. The van der Waals surface area contributed by atoms with Gasteiger partial charge in [-0.1, -0.05) is 39.0 Å². The van der Waals surface area contributed by atoms with Crippen LogP contribution in [-0.2, 0) is 16.6 Å². The molecule has 2 nitrogen and oxygen atoms in total. The van der Waals surface area contributed by atoms with E-state index in [2.05, 4.69) is 46.8 Å². The van der Waals surface area contributed by atoms with Gasteiger partial charge >= 0.3 is 5.97 Å². The van der Waals surface area contributed by atoms with Crippen molar-refractivity contribution in [3.05, 3.63) is 46.5 Å². The number of hydrogen-bond donors (Lipinski definition) is 1. The van der Waals surface area contributed by atoms with Crippen LogP contribution < -0.4 is 0 Å². The van der Waals surface area contributed by atoms with E-state index in [0.717, 1.165) is 12.8 Å². The van der Waals surface area contributed by atoms with Gasteiger partial charge in [-0.25, -0.2) is 4.79 Å². The van der Waals surface area contributed by atoms with Crippen LogP contribution in [0.3, 0.4) is 0 Å². The lowest BCUT2D eigenvalue weighted by atomic mass is 9.83. The Morgan fingerprint density at radius 3 is 2.16 bits per heavy atom. The second-order valence-corrected chi connectivity index (χ2v) is 6.12. The Morgan fingerprint density at radius 2 is 1.74 bits per heavy atom. The lowest BCUT2D eigenvalue weighted by Gasteiger charge is -2.22. The van der Waals surface area contributed by atoms with E-state index in [9.17, 15) is 4.79 Å². The van der Waals surface area contributed by atoms with Crippen molar-refractivity contribution in [3.8, 4) is 0 Å². The highest BCUT2D eigenvalue weighted by Gasteiger charge is 2.15. The average Bonchev–Trinajstić information content (AvgIpc) is 2.25. The van der Waals surface area contributed by atoms with Gasteiger partial charge in [0.2, 0.25) is 0 Å². The quantitative estimate of drug-likeness (QED) is 0.825. The fourth-order valence-corrected chi connectivity index (χ4v) is 2.23. The maximum atomic E-state index is 10.4. The Hall–Kier alpha value is -1.57. The fourth-order valence-electron chi connectivity index (χ4n) is 2.23. The zero-order valence-corrected chi connectivity index (χ0v) is 12.6. The Balaban J connectivity index is 2.89. The number of rotatable bonds is 4. The summed E-state index contributed by atoms with van der Waals surface area (Å²) < 4.78 is 0. The number of carbonyl (C=O) groups is 1. The summed E-state index contributed by atoms with van der Waals surface area (Å²) in [5.74, 6) is -0.878. The molecule has 0 bridgehead atoms. The van der Waals surface area contributed by atoms with Crippen molar-refractivity contribution in [1.82, 2.24) is 0 Å². The van der Waals surface area contributed by atoms with Crippen molar-refractivity contribution in [2.24, 2.45) is 0 Å². The Labute approximate surface area is 116 Å². The monoisotopic (exact) mass is 260 g/mol. The van der Waals surface area contributed by atoms with Gasteiger partial charge in [-0.3, -0.25) is 0 Å². The molecule has 0 saturated heterocycles. The molecule has 1 N–H and O–H groups in total. The van der Waals surface area contributed by atoms with Gasteiger partial charge in [0.1, 0.15) is 0 Å². The van der Waals surface area contributed by atoms with Crippen LogP contribution in [0.5, 0.6) is 0 Å². The molecule has 0 aliphatic rings. The summed E-state index contributed by atoms with van der Waals surface area (Å²) in [4.78, 5) is 10.4. The smallest absolute Gasteiger partial charge is 0.327 e. The number of carboxylic acid groups (broad SMARTS) is 1. The number of carboxylic acids is 1. The first kappa shape index (κ1) is 15.5. The summed E-state index contributed by atoms with van der Waals surface area (Å²) >= 11 is 0. The fraction of sp³-hybridized carbons (Fsp3) is 0.471. The van der Waals surface area contributed by atoms with Crippen molar-refractivity contribution in [2.45, 2.75) is 52.9 Å². The molecule has 1 rings (SSSR count). The van der Waals surface area contributed by atoms with Crippen LogP contribution in [-0.4, -0.2) is 11.1 Å². The molecule has 0 spiro atoms. The van der Waals surface area contributed by atoms with Crippen LogP contribution in [0.1, 0.15) is 49.4 Å². The van der Waals surface area contributed by atoms with Crippen molar-refractivity contribution in [2.75, 3.05) is 0 Å². The van der Waals surface area contributed by atoms with Crippen LogP contribution in [0, 0.1) is 13.8 Å². The number of aliphatic carboxylic acids is 1. The lowest BCUT2D eigenvalue weighted by Crippen LogP contribution is -2.12. The largest absolute Gasteiger partial charge is 0.478 e. The zero-order valence-electron chi connectivity index (χ0n) is 12.6. The van der Waals surface area contributed by atoms with Crippen LogP contribution >= 0.6 is 0 Å². The van der Waals surface area contributed by atoms with E-state index in [0.29, 0.717) is 0 Å². The molecule has 0 saturated carbocycles. The second kappa shape index (κ2) is 6.05. The highest BCUT2D eigenvalue weighted by atomic mass is 16.4. The average molecular weight is 260 g/mol. The molecule has 1 aromatic carbocycles. The summed E-state index contributed by atoms with van der Waals surface area (Å²) in [6.07, 6.45) is 4.60. The molecule has 0 heterocycles. The van der Waals surface area contributed by atoms with Gasteiger partial charge < -0.3 is 5.11 Å². The minimum absolute atomic E-state index is 0.164. The number of benzene rings is 1. The van der Waals surface area contributed by atoms with E-state index in [4.69, 9.17) is 5.11 Å². The third-order valence-electron chi connectivity index (χ3n) is 3.38. The third kappa shape index (κ3) is 4.55. The van der Waals surface area contributed by atoms with Gasteiger partial charge in [-0.15, -0.1) is 0 Å². The summed E-state index contributed by atoms with van der Waals surface area (Å²) in [6, 6.07) is 4.51. The van der Waals surface area contributed by atoms with Gasteiger partial charge in [0, 0.05) is 6.08 Å². The zero-order chi connectivity index (χ0) is 14.6. The summed E-state index contributed by atoms with van der Waals surface area (Å²) in [5, 5.41) is 8.56. The SMILES string of the molecule is Cc1cc(C(C)(C)C)cc(C)c1CC/C=C/C(=O)O.